The van der Waals surface area contributed by atoms with E-state index < -0.39 is 0 Å². The molecule has 0 radical (unpaired) electrons. The summed E-state index contributed by atoms with van der Waals surface area (Å²) >= 11 is 1.92. The molecule has 102 valence electrons. The van der Waals surface area contributed by atoms with Crippen LogP contribution in [0.25, 0.3) is 0 Å². The zero-order chi connectivity index (χ0) is 13.2. The maximum absolute atomic E-state index is 4.55. The van der Waals surface area contributed by atoms with E-state index in [0.29, 0.717) is 6.04 Å². The van der Waals surface area contributed by atoms with Gasteiger partial charge in [0.05, 0.1) is 5.69 Å². The minimum Gasteiger partial charge on any atom is -0.309 e. The highest BCUT2D eigenvalue weighted by atomic mass is 32.2. The summed E-state index contributed by atoms with van der Waals surface area (Å²) in [5.41, 5.74) is 1.14. The van der Waals surface area contributed by atoms with E-state index in [0.717, 1.165) is 18.7 Å². The quantitative estimate of drug-likeness (QED) is 0.529. The monoisotopic (exact) mass is 266 g/mol. The van der Waals surface area contributed by atoms with E-state index in [1.54, 1.807) is 0 Å². The Morgan fingerprint density at radius 1 is 1.22 bits per heavy atom. The van der Waals surface area contributed by atoms with E-state index in [1.807, 2.05) is 18.0 Å². The van der Waals surface area contributed by atoms with Crippen molar-refractivity contribution >= 4 is 11.8 Å². The Hall–Kier alpha value is -0.540. The largest absolute Gasteiger partial charge is 0.309 e. The molecule has 0 saturated carbocycles. The molecule has 0 spiro atoms. The number of aromatic nitrogens is 1. The van der Waals surface area contributed by atoms with Crippen molar-refractivity contribution in [2.75, 3.05) is 12.3 Å². The van der Waals surface area contributed by atoms with Gasteiger partial charge >= 0.3 is 0 Å². The molecule has 2 nitrogen and oxygen atoms in total. The van der Waals surface area contributed by atoms with Crippen molar-refractivity contribution in [1.82, 2.24) is 10.3 Å². The lowest BCUT2D eigenvalue weighted by molar-refractivity contribution is 0.558. The van der Waals surface area contributed by atoms with E-state index in [2.05, 4.69) is 43.2 Å². The highest BCUT2D eigenvalue weighted by Gasteiger charge is 2.05. The van der Waals surface area contributed by atoms with Crippen LogP contribution in [0.5, 0.6) is 0 Å². The molecule has 0 aliphatic rings. The number of thioether (sulfide) groups is 1. The van der Waals surface area contributed by atoms with Gasteiger partial charge in [-0.05, 0) is 44.2 Å². The van der Waals surface area contributed by atoms with E-state index >= 15 is 0 Å². The van der Waals surface area contributed by atoms with E-state index in [9.17, 15) is 0 Å². The Kier molecular flexibility index (Phi) is 8.10. The molecule has 0 amide bonds. The summed E-state index contributed by atoms with van der Waals surface area (Å²) in [6.07, 6.45) is 7.10. The van der Waals surface area contributed by atoms with Crippen LogP contribution in [0, 0.1) is 0 Å². The van der Waals surface area contributed by atoms with Crippen LogP contribution < -0.4 is 5.32 Å². The van der Waals surface area contributed by atoms with Gasteiger partial charge in [-0.15, -0.1) is 11.8 Å². The molecule has 3 heteroatoms. The summed E-state index contributed by atoms with van der Waals surface area (Å²) in [4.78, 5) is 5.84. The van der Waals surface area contributed by atoms with Crippen molar-refractivity contribution < 1.29 is 0 Å². The van der Waals surface area contributed by atoms with E-state index in [4.69, 9.17) is 0 Å². The Balaban J connectivity index is 2.37. The van der Waals surface area contributed by atoms with Crippen molar-refractivity contribution in [1.29, 1.82) is 0 Å². The number of nitrogens with one attached hydrogen (secondary N) is 1. The number of rotatable bonds is 9. The lowest BCUT2D eigenvalue weighted by atomic mass is 10.2. The second-order valence-corrected chi connectivity index (χ2v) is 5.82. The number of unbranched alkanes of at least 4 members (excludes halogenated alkanes) is 2. The number of nitrogens with zero attached hydrogens (tertiary/aromatic N) is 1. The predicted molar refractivity (Wildman–Crippen MR) is 81.2 cm³/mol. The molecule has 1 aromatic heterocycles. The fraction of sp³-hybridized carbons (Fsp3) is 0.667. The van der Waals surface area contributed by atoms with Crippen LogP contribution in [-0.4, -0.2) is 17.3 Å². The number of pyridine rings is 1. The molecule has 18 heavy (non-hydrogen) atoms. The maximum atomic E-state index is 4.55. The van der Waals surface area contributed by atoms with Gasteiger partial charge in [0.2, 0.25) is 0 Å². The predicted octanol–water partition coefficient (Wildman–Crippen LogP) is 4.42. The van der Waals surface area contributed by atoms with Gasteiger partial charge in [0, 0.05) is 17.1 Å². The van der Waals surface area contributed by atoms with Gasteiger partial charge in [-0.3, -0.25) is 4.98 Å². The van der Waals surface area contributed by atoms with Crippen molar-refractivity contribution in [3.05, 3.63) is 24.0 Å². The fourth-order valence-corrected chi connectivity index (χ4v) is 2.62. The second kappa shape index (κ2) is 9.40. The number of hydrogen-bond donors (Lipinski definition) is 1. The third-order valence-electron chi connectivity index (χ3n) is 2.92. The van der Waals surface area contributed by atoms with Crippen LogP contribution in [-0.2, 0) is 0 Å². The lowest BCUT2D eigenvalue weighted by Crippen LogP contribution is -2.20. The van der Waals surface area contributed by atoms with Gasteiger partial charge < -0.3 is 5.32 Å². The van der Waals surface area contributed by atoms with Gasteiger partial charge in [-0.1, -0.05) is 26.7 Å². The summed E-state index contributed by atoms with van der Waals surface area (Å²) in [6.45, 7) is 7.65. The molecule has 1 N–H and O–H groups in total. The first kappa shape index (κ1) is 15.5. The highest BCUT2D eigenvalue weighted by molar-refractivity contribution is 7.99. The van der Waals surface area contributed by atoms with Crippen LogP contribution >= 0.6 is 11.8 Å². The van der Waals surface area contributed by atoms with Crippen LogP contribution in [0.1, 0.15) is 58.2 Å². The van der Waals surface area contributed by atoms with E-state index in [1.165, 1.54) is 29.9 Å². The molecule has 0 saturated heterocycles. The topological polar surface area (TPSA) is 24.9 Å². The standard InChI is InChI=1S/C15H26N2S/c1-4-6-7-11-18-14-8-9-15(17-12-14)13(3)16-10-5-2/h8-9,12-13,16H,4-7,10-11H2,1-3H3. The van der Waals surface area contributed by atoms with Crippen molar-refractivity contribution in [3.63, 3.8) is 0 Å². The van der Waals surface area contributed by atoms with Crippen molar-refractivity contribution in [2.24, 2.45) is 0 Å². The van der Waals surface area contributed by atoms with E-state index in [-0.39, 0.29) is 0 Å². The first-order valence-electron chi connectivity index (χ1n) is 7.10. The summed E-state index contributed by atoms with van der Waals surface area (Å²) in [5.74, 6) is 1.21. The smallest absolute Gasteiger partial charge is 0.0571 e. The molecule has 1 rings (SSSR count). The average Bonchev–Trinajstić information content (AvgIpc) is 2.41. The molecule has 0 aliphatic carbocycles. The summed E-state index contributed by atoms with van der Waals surface area (Å²) in [5, 5.41) is 3.46. The van der Waals surface area contributed by atoms with Crippen molar-refractivity contribution in [3.8, 4) is 0 Å². The molecule has 0 bridgehead atoms. The van der Waals surface area contributed by atoms with Gasteiger partial charge in [0.15, 0.2) is 0 Å². The second-order valence-electron chi connectivity index (χ2n) is 4.65. The normalized spacial score (nSPS) is 12.6. The maximum Gasteiger partial charge on any atom is 0.0571 e. The molecule has 0 aromatic carbocycles. The first-order chi connectivity index (χ1) is 8.77. The van der Waals surface area contributed by atoms with Crippen LogP contribution in [0.3, 0.4) is 0 Å². The first-order valence-corrected chi connectivity index (χ1v) is 8.08. The molecule has 0 fully saturated rings. The Morgan fingerprint density at radius 2 is 2.06 bits per heavy atom. The average molecular weight is 266 g/mol. The fourth-order valence-electron chi connectivity index (χ4n) is 1.74. The Morgan fingerprint density at radius 3 is 2.67 bits per heavy atom. The molecule has 1 unspecified atom stereocenters. The summed E-state index contributed by atoms with van der Waals surface area (Å²) in [6, 6.07) is 4.70. The summed E-state index contributed by atoms with van der Waals surface area (Å²) < 4.78 is 0. The Labute approximate surface area is 116 Å². The number of hydrogen-bond acceptors (Lipinski definition) is 3. The zero-order valence-electron chi connectivity index (χ0n) is 11.9. The molecular formula is C15H26N2S. The third kappa shape index (κ3) is 5.87. The molecule has 1 heterocycles. The van der Waals surface area contributed by atoms with Crippen molar-refractivity contribution in [2.45, 2.75) is 57.4 Å². The molecule has 0 aliphatic heterocycles. The zero-order valence-corrected chi connectivity index (χ0v) is 12.7. The lowest BCUT2D eigenvalue weighted by Gasteiger charge is -2.12. The molecule has 1 aromatic rings. The summed E-state index contributed by atoms with van der Waals surface area (Å²) in [7, 11) is 0. The Bertz CT molecular complexity index is 311. The molecular weight excluding hydrogens is 240 g/mol. The SMILES string of the molecule is CCCCCSc1ccc(C(C)NCCC)nc1. The van der Waals surface area contributed by atoms with Crippen LogP contribution in [0.4, 0.5) is 0 Å². The van der Waals surface area contributed by atoms with Crippen LogP contribution in [0.15, 0.2) is 23.2 Å². The molecule has 1 atom stereocenters. The minimum absolute atomic E-state index is 0.351. The van der Waals surface area contributed by atoms with Gasteiger partial charge in [-0.2, -0.15) is 0 Å². The van der Waals surface area contributed by atoms with Crippen LogP contribution in [0.2, 0.25) is 0 Å². The van der Waals surface area contributed by atoms with Gasteiger partial charge in [-0.25, -0.2) is 0 Å². The minimum atomic E-state index is 0.351. The van der Waals surface area contributed by atoms with Gasteiger partial charge in [0.1, 0.15) is 0 Å². The third-order valence-corrected chi connectivity index (χ3v) is 3.99. The highest BCUT2D eigenvalue weighted by Crippen LogP contribution is 2.20. The van der Waals surface area contributed by atoms with Gasteiger partial charge in [0.25, 0.3) is 0 Å².